The van der Waals surface area contributed by atoms with Crippen LogP contribution in [0.15, 0.2) is 0 Å². The fourth-order valence-electron chi connectivity index (χ4n) is 3.16. The number of rotatable bonds is 17. The van der Waals surface area contributed by atoms with Crippen LogP contribution in [-0.4, -0.2) is 61.4 Å². The molecule has 0 aromatic rings. The van der Waals surface area contributed by atoms with Crippen molar-refractivity contribution in [2.45, 2.75) is 88.2 Å². The Labute approximate surface area is 248 Å². The summed E-state index contributed by atoms with van der Waals surface area (Å²) in [6.07, 6.45) is -9.54. The third kappa shape index (κ3) is 15.1. The Bertz CT molecular complexity index is 796. The number of hydrogen-bond donors (Lipinski definition) is 0. The van der Waals surface area contributed by atoms with Crippen LogP contribution in [0.2, 0.25) is 0 Å². The summed E-state index contributed by atoms with van der Waals surface area (Å²) in [5.74, 6) is -21.7. The van der Waals surface area contributed by atoms with E-state index in [1.807, 2.05) is 0 Å². The van der Waals surface area contributed by atoms with Crippen molar-refractivity contribution in [3.63, 3.8) is 0 Å². The van der Waals surface area contributed by atoms with E-state index in [0.717, 1.165) is 0 Å². The second-order valence-electron chi connectivity index (χ2n) is 7.98. The minimum Gasteiger partial charge on any atom is -0.748 e. The van der Waals surface area contributed by atoms with Gasteiger partial charge in [-0.15, -0.1) is 0 Å². The molecule has 0 atom stereocenters. The monoisotopic (exact) mass is 606 g/mol. The van der Waals surface area contributed by atoms with E-state index in [4.69, 9.17) is 0 Å². The minimum absolute atomic E-state index is 0. The Balaban J connectivity index is -0.00000544. The number of unbranched alkanes of at least 4 members (excludes halogenated alkanes) is 4. The quantitative estimate of drug-likeness (QED) is 0.0916. The number of halogens is 9. The Morgan fingerprint density at radius 1 is 0.556 bits per heavy atom. The predicted octanol–water partition coefficient (Wildman–Crippen LogP) is -0.930. The van der Waals surface area contributed by atoms with Crippen LogP contribution >= 0.6 is 0 Å². The van der Waals surface area contributed by atoms with Gasteiger partial charge in [0.05, 0.1) is 20.2 Å². The number of hydrogen-bond acceptors (Lipinski definition) is 6. The molecule has 19 heteroatoms. The van der Waals surface area contributed by atoms with Crippen molar-refractivity contribution in [3.05, 3.63) is 0 Å². The largest absolute Gasteiger partial charge is 1.00 e. The maximum absolute atomic E-state index is 13.8. The molecule has 0 aliphatic carbocycles. The van der Waals surface area contributed by atoms with Crippen molar-refractivity contribution in [1.82, 2.24) is 0 Å². The molecule has 0 aromatic carbocycles. The molecule has 0 rings (SSSR count). The van der Waals surface area contributed by atoms with Crippen LogP contribution in [0.3, 0.4) is 0 Å². The summed E-state index contributed by atoms with van der Waals surface area (Å²) in [7, 11) is -9.00. The molecule has 0 saturated carbocycles. The average Bonchev–Trinajstić information content (AvgIpc) is 2.61. The first-order chi connectivity index (χ1) is 15.0. The van der Waals surface area contributed by atoms with Gasteiger partial charge in [0.15, 0.2) is 0 Å². The minimum atomic E-state index is -6.98. The Morgan fingerprint density at radius 3 is 1.22 bits per heavy atom. The molecule has 0 unspecified atom stereocenters. The van der Waals surface area contributed by atoms with Crippen molar-refractivity contribution in [2.75, 3.05) is 11.5 Å². The molecular weight excluding hydrogens is 581 g/mol. The average molecular weight is 606 g/mol. The fraction of sp³-hybridized carbons (Fsp3) is 1.00. The fourth-order valence-corrected chi connectivity index (χ4v) is 4.28. The van der Waals surface area contributed by atoms with Crippen LogP contribution in [0.5, 0.6) is 0 Å². The molecule has 0 aliphatic rings. The van der Waals surface area contributed by atoms with Gasteiger partial charge in [-0.2, -0.15) is 39.5 Å². The molecule has 0 aliphatic heterocycles. The van der Waals surface area contributed by atoms with E-state index in [9.17, 15) is 65.5 Å². The molecule has 0 N–H and O–H groups in total. The molecule has 0 heterocycles. The van der Waals surface area contributed by atoms with Crippen LogP contribution in [0.4, 0.5) is 39.5 Å². The first-order valence-corrected chi connectivity index (χ1v) is 13.3. The molecule has 6 nitrogen and oxygen atoms in total. The second kappa shape index (κ2) is 16.5. The van der Waals surface area contributed by atoms with Gasteiger partial charge in [-0.25, -0.2) is 16.8 Å². The summed E-state index contributed by atoms with van der Waals surface area (Å²) >= 11 is 0. The molecule has 0 aromatic heterocycles. The van der Waals surface area contributed by atoms with Gasteiger partial charge in [0.1, 0.15) is 0 Å². The Kier molecular flexibility index (Phi) is 19.0. The third-order valence-corrected chi connectivity index (χ3v) is 6.67. The Morgan fingerprint density at radius 2 is 0.917 bits per heavy atom. The normalized spacial score (nSPS) is 13.9. The molecule has 0 spiro atoms. The first kappa shape index (κ1) is 41.7. The zero-order valence-electron chi connectivity index (χ0n) is 19.7. The molecule has 206 valence electrons. The van der Waals surface area contributed by atoms with E-state index in [1.54, 1.807) is 0 Å². The van der Waals surface area contributed by atoms with Crippen molar-refractivity contribution >= 4 is 20.2 Å². The van der Waals surface area contributed by atoms with Gasteiger partial charge >= 0.3 is 83.1 Å². The zero-order valence-corrected chi connectivity index (χ0v) is 25.4. The zero-order chi connectivity index (χ0) is 27.1. The molecule has 0 radical (unpaired) electrons. The summed E-state index contributed by atoms with van der Waals surface area (Å²) in [6, 6.07) is 0. The third-order valence-electron chi connectivity index (χ3n) is 5.09. The van der Waals surface area contributed by atoms with Crippen molar-refractivity contribution < 1.29 is 125 Å². The van der Waals surface area contributed by atoms with Gasteiger partial charge in [-0.1, -0.05) is 38.5 Å². The standard InChI is InChI=1S/C17H27F9O6S2.2Na/c18-14(19,15(20,21)16(22,23)17(24,25)26)10-9-13(7-3-1-5-11-33(27,28)29)8-4-2-6-12-34(30,31)32;;/h13H,1-12H2,(H,27,28,29)(H,30,31,32);;/q;2*+1/p-2. The molecule has 36 heavy (non-hydrogen) atoms. The van der Waals surface area contributed by atoms with Gasteiger partial charge in [0.2, 0.25) is 0 Å². The van der Waals surface area contributed by atoms with E-state index in [0.29, 0.717) is 0 Å². The predicted molar refractivity (Wildman–Crippen MR) is 99.7 cm³/mol. The second-order valence-corrected chi connectivity index (χ2v) is 11.0. The Hall–Kier alpha value is 1.19. The summed E-state index contributed by atoms with van der Waals surface area (Å²) in [6.45, 7) is 0. The van der Waals surface area contributed by atoms with Crippen LogP contribution in [0.1, 0.15) is 64.2 Å². The number of alkyl halides is 9. The van der Waals surface area contributed by atoms with Gasteiger partial charge in [-0.3, -0.25) is 0 Å². The van der Waals surface area contributed by atoms with E-state index in [1.165, 1.54) is 0 Å². The van der Waals surface area contributed by atoms with Crippen LogP contribution in [0.25, 0.3) is 0 Å². The summed E-state index contributed by atoms with van der Waals surface area (Å²) in [5, 5.41) is 0. The molecule has 0 amide bonds. The summed E-state index contributed by atoms with van der Waals surface area (Å²) in [5.41, 5.74) is 0. The molecule has 0 bridgehead atoms. The van der Waals surface area contributed by atoms with Crippen molar-refractivity contribution in [2.24, 2.45) is 5.92 Å². The topological polar surface area (TPSA) is 114 Å². The van der Waals surface area contributed by atoms with Crippen molar-refractivity contribution in [1.29, 1.82) is 0 Å². The van der Waals surface area contributed by atoms with Crippen molar-refractivity contribution in [3.8, 4) is 0 Å². The summed E-state index contributed by atoms with van der Waals surface area (Å²) < 4.78 is 180. The van der Waals surface area contributed by atoms with Crippen LogP contribution in [0, 0.1) is 5.92 Å². The SMILES string of the molecule is O=S(=O)([O-])CCCCCC(CCCCCS(=O)(=O)[O-])CCC(F)(F)C(F)(F)C(F)(F)C(F)(F)F.[Na+].[Na+]. The van der Waals surface area contributed by atoms with Gasteiger partial charge in [0, 0.05) is 17.9 Å². The molecule has 0 fully saturated rings. The summed E-state index contributed by atoms with van der Waals surface area (Å²) in [4.78, 5) is 0. The van der Waals surface area contributed by atoms with E-state index in [2.05, 4.69) is 0 Å². The van der Waals surface area contributed by atoms with Gasteiger partial charge < -0.3 is 9.11 Å². The van der Waals surface area contributed by atoms with E-state index in [-0.39, 0.29) is 110 Å². The van der Waals surface area contributed by atoms with E-state index >= 15 is 0 Å². The van der Waals surface area contributed by atoms with Gasteiger partial charge in [0.25, 0.3) is 0 Å². The first-order valence-electron chi connectivity index (χ1n) is 10.1. The van der Waals surface area contributed by atoms with E-state index < -0.39 is 74.4 Å². The van der Waals surface area contributed by atoms with Gasteiger partial charge in [-0.05, 0) is 25.2 Å². The smallest absolute Gasteiger partial charge is 0.748 e. The molecular formula is C17H25F9Na2O6S2. The van der Waals surface area contributed by atoms with Crippen LogP contribution < -0.4 is 59.1 Å². The van der Waals surface area contributed by atoms with Crippen LogP contribution in [-0.2, 0) is 20.2 Å². The molecule has 0 saturated heterocycles. The maximum Gasteiger partial charge on any atom is 1.00 e. The maximum atomic E-state index is 13.8.